The van der Waals surface area contributed by atoms with Crippen LogP contribution in [0, 0.1) is 0 Å². The Hall–Kier alpha value is -1.36. The highest BCUT2D eigenvalue weighted by molar-refractivity contribution is 8.00. The van der Waals surface area contributed by atoms with Gasteiger partial charge in [-0.15, -0.1) is 11.8 Å². The van der Waals surface area contributed by atoms with Crippen molar-refractivity contribution < 1.29 is 14.3 Å². The lowest BCUT2D eigenvalue weighted by molar-refractivity contribution is 0.00842. The quantitative estimate of drug-likeness (QED) is 0.791. The van der Waals surface area contributed by atoms with Crippen molar-refractivity contribution in [3.05, 3.63) is 24.3 Å². The zero-order valence-electron chi connectivity index (χ0n) is 15.0. The Bertz CT molecular complexity index is 585. The van der Waals surface area contributed by atoms with Crippen LogP contribution in [0.2, 0.25) is 0 Å². The van der Waals surface area contributed by atoms with Crippen molar-refractivity contribution in [1.29, 1.82) is 0 Å². The van der Waals surface area contributed by atoms with E-state index < -0.39 is 5.60 Å². The number of fused-ring (bicyclic) bond motifs is 2. The summed E-state index contributed by atoms with van der Waals surface area (Å²) in [5.41, 5.74) is -0.428. The molecule has 1 aromatic carbocycles. The van der Waals surface area contributed by atoms with Crippen LogP contribution in [0.25, 0.3) is 0 Å². The van der Waals surface area contributed by atoms with Crippen molar-refractivity contribution in [3.63, 3.8) is 0 Å². The number of hydrogen-bond acceptors (Lipinski definition) is 4. The summed E-state index contributed by atoms with van der Waals surface area (Å²) in [6, 6.07) is 8.87. The van der Waals surface area contributed by atoms with Crippen LogP contribution < -0.4 is 4.74 Å². The van der Waals surface area contributed by atoms with Gasteiger partial charge in [-0.2, -0.15) is 0 Å². The molecule has 0 spiro atoms. The van der Waals surface area contributed by atoms with Gasteiger partial charge in [-0.05, 0) is 64.7 Å². The molecule has 2 saturated heterocycles. The number of amides is 1. The van der Waals surface area contributed by atoms with Gasteiger partial charge in [0.15, 0.2) is 0 Å². The molecule has 0 radical (unpaired) electrons. The summed E-state index contributed by atoms with van der Waals surface area (Å²) in [4.78, 5) is 15.8. The standard InChI is InChI=1S/C19H27NO3S/c1-19(2,3)23-18(21)20-13-8-9-14(20)11-17(10-13)24-16-7-5-6-15(12-16)22-4/h5-7,12-14,17H,8-11H2,1-4H3/t13-,14+,17?. The number of methoxy groups -OCH3 is 1. The lowest BCUT2D eigenvalue weighted by Crippen LogP contribution is -2.49. The van der Waals surface area contributed by atoms with Crippen molar-refractivity contribution in [2.75, 3.05) is 7.11 Å². The Morgan fingerprint density at radius 2 is 1.88 bits per heavy atom. The van der Waals surface area contributed by atoms with Gasteiger partial charge in [0.05, 0.1) is 7.11 Å². The normalized spacial score (nSPS) is 26.3. The van der Waals surface area contributed by atoms with E-state index in [-0.39, 0.29) is 6.09 Å². The molecular weight excluding hydrogens is 322 g/mol. The van der Waals surface area contributed by atoms with Gasteiger partial charge >= 0.3 is 6.09 Å². The molecule has 2 heterocycles. The molecule has 2 bridgehead atoms. The van der Waals surface area contributed by atoms with Gasteiger partial charge in [0.1, 0.15) is 11.4 Å². The average molecular weight is 349 g/mol. The van der Waals surface area contributed by atoms with Crippen LogP contribution in [0.3, 0.4) is 0 Å². The second-order valence-corrected chi connectivity index (χ2v) is 9.04. The minimum absolute atomic E-state index is 0.139. The molecule has 2 aliphatic heterocycles. The van der Waals surface area contributed by atoms with E-state index in [1.807, 2.05) is 49.6 Å². The fraction of sp³-hybridized carbons (Fsp3) is 0.632. The first-order valence-electron chi connectivity index (χ1n) is 8.68. The van der Waals surface area contributed by atoms with E-state index in [0.29, 0.717) is 17.3 Å². The Morgan fingerprint density at radius 1 is 1.21 bits per heavy atom. The van der Waals surface area contributed by atoms with Crippen molar-refractivity contribution >= 4 is 17.9 Å². The van der Waals surface area contributed by atoms with Gasteiger partial charge in [0, 0.05) is 22.2 Å². The van der Waals surface area contributed by atoms with Crippen LogP contribution >= 0.6 is 11.8 Å². The number of hydrogen-bond donors (Lipinski definition) is 0. The van der Waals surface area contributed by atoms with E-state index in [0.717, 1.165) is 31.4 Å². The van der Waals surface area contributed by atoms with Crippen molar-refractivity contribution in [2.24, 2.45) is 0 Å². The lowest BCUT2D eigenvalue weighted by atomic mass is 10.0. The summed E-state index contributed by atoms with van der Waals surface area (Å²) in [5, 5.41) is 0.549. The van der Waals surface area contributed by atoms with Crippen molar-refractivity contribution in [2.45, 2.75) is 74.3 Å². The molecule has 0 saturated carbocycles. The molecule has 1 unspecified atom stereocenters. The highest BCUT2D eigenvalue weighted by atomic mass is 32.2. The van der Waals surface area contributed by atoms with E-state index >= 15 is 0 Å². The number of thioether (sulfide) groups is 1. The number of carbonyl (C=O) groups is 1. The van der Waals surface area contributed by atoms with E-state index in [1.165, 1.54) is 4.90 Å². The Kier molecular flexibility index (Phi) is 5.00. The second-order valence-electron chi connectivity index (χ2n) is 7.66. The largest absolute Gasteiger partial charge is 0.497 e. The van der Waals surface area contributed by atoms with Gasteiger partial charge in [-0.1, -0.05) is 6.07 Å². The SMILES string of the molecule is COc1cccc(SC2C[C@H]3CC[C@@H](C2)N3C(=O)OC(C)(C)C)c1. The van der Waals surface area contributed by atoms with Crippen molar-refractivity contribution in [1.82, 2.24) is 4.90 Å². The minimum atomic E-state index is -0.428. The van der Waals surface area contributed by atoms with Crippen LogP contribution in [0.4, 0.5) is 4.79 Å². The van der Waals surface area contributed by atoms with Crippen LogP contribution in [-0.4, -0.2) is 41.0 Å². The van der Waals surface area contributed by atoms with E-state index in [1.54, 1.807) is 7.11 Å². The first-order valence-corrected chi connectivity index (χ1v) is 9.56. The smallest absolute Gasteiger partial charge is 0.410 e. The fourth-order valence-corrected chi connectivity index (χ4v) is 5.07. The molecule has 5 heteroatoms. The third-order valence-electron chi connectivity index (χ3n) is 4.64. The first kappa shape index (κ1) is 17.5. The molecule has 3 rings (SSSR count). The average Bonchev–Trinajstić information content (AvgIpc) is 2.77. The number of benzene rings is 1. The molecule has 0 aliphatic carbocycles. The molecule has 4 nitrogen and oxygen atoms in total. The van der Waals surface area contributed by atoms with Crippen molar-refractivity contribution in [3.8, 4) is 5.75 Å². The van der Waals surface area contributed by atoms with Crippen LogP contribution in [0.5, 0.6) is 5.75 Å². The summed E-state index contributed by atoms with van der Waals surface area (Å²) in [5.74, 6) is 0.897. The number of piperidine rings is 1. The third-order valence-corrected chi connectivity index (χ3v) is 5.88. The number of carbonyl (C=O) groups excluding carboxylic acids is 1. The Balaban J connectivity index is 1.63. The Morgan fingerprint density at radius 3 is 2.46 bits per heavy atom. The van der Waals surface area contributed by atoms with Gasteiger partial charge in [-0.25, -0.2) is 4.79 Å². The maximum Gasteiger partial charge on any atom is 0.410 e. The zero-order valence-corrected chi connectivity index (χ0v) is 15.8. The summed E-state index contributed by atoms with van der Waals surface area (Å²) < 4.78 is 10.9. The van der Waals surface area contributed by atoms with Gasteiger partial charge in [0.2, 0.25) is 0 Å². The number of ether oxygens (including phenoxy) is 2. The molecule has 0 N–H and O–H groups in total. The number of rotatable bonds is 3. The molecule has 2 aliphatic rings. The monoisotopic (exact) mass is 349 g/mol. The van der Waals surface area contributed by atoms with E-state index in [2.05, 4.69) is 12.1 Å². The zero-order chi connectivity index (χ0) is 17.3. The molecule has 0 aromatic heterocycles. The summed E-state index contributed by atoms with van der Waals surface area (Å²) in [6.45, 7) is 5.79. The summed E-state index contributed by atoms with van der Waals surface area (Å²) in [7, 11) is 1.70. The van der Waals surface area contributed by atoms with Crippen LogP contribution in [0.15, 0.2) is 29.2 Å². The molecule has 1 amide bonds. The maximum atomic E-state index is 12.5. The molecule has 24 heavy (non-hydrogen) atoms. The number of nitrogens with zero attached hydrogens (tertiary/aromatic N) is 1. The topological polar surface area (TPSA) is 38.8 Å². The highest BCUT2D eigenvalue weighted by Gasteiger charge is 2.44. The second kappa shape index (κ2) is 6.87. The van der Waals surface area contributed by atoms with E-state index in [9.17, 15) is 4.79 Å². The molecule has 3 atom stereocenters. The molecule has 132 valence electrons. The first-order chi connectivity index (χ1) is 11.4. The molecule has 2 fully saturated rings. The minimum Gasteiger partial charge on any atom is -0.497 e. The molecular formula is C19H27NO3S. The van der Waals surface area contributed by atoms with Gasteiger partial charge in [-0.3, -0.25) is 0 Å². The molecule has 1 aromatic rings. The third kappa shape index (κ3) is 4.00. The predicted molar refractivity (Wildman–Crippen MR) is 96.8 cm³/mol. The van der Waals surface area contributed by atoms with E-state index in [4.69, 9.17) is 9.47 Å². The van der Waals surface area contributed by atoms with Gasteiger partial charge in [0.25, 0.3) is 0 Å². The summed E-state index contributed by atoms with van der Waals surface area (Å²) >= 11 is 1.91. The summed E-state index contributed by atoms with van der Waals surface area (Å²) in [6.07, 6.45) is 4.13. The predicted octanol–water partition coefficient (Wildman–Crippen LogP) is 4.72. The fourth-order valence-electron chi connectivity index (χ4n) is 3.70. The highest BCUT2D eigenvalue weighted by Crippen LogP contribution is 2.43. The van der Waals surface area contributed by atoms with Crippen LogP contribution in [-0.2, 0) is 4.74 Å². The van der Waals surface area contributed by atoms with Crippen LogP contribution in [0.1, 0.15) is 46.5 Å². The van der Waals surface area contributed by atoms with Gasteiger partial charge < -0.3 is 14.4 Å². The Labute approximate surface area is 148 Å². The lowest BCUT2D eigenvalue weighted by Gasteiger charge is -2.39. The maximum absolute atomic E-state index is 12.5.